The van der Waals surface area contributed by atoms with Gasteiger partial charge in [-0.25, -0.2) is 0 Å². The molecule has 0 bridgehead atoms. The molecule has 24 heavy (non-hydrogen) atoms. The van der Waals surface area contributed by atoms with Gasteiger partial charge in [0, 0.05) is 24.1 Å². The molecule has 1 N–H and O–H groups in total. The summed E-state index contributed by atoms with van der Waals surface area (Å²) in [4.78, 5) is 12.1. The lowest BCUT2D eigenvalue weighted by Gasteiger charge is -2.08. The monoisotopic (exact) mass is 321 g/mol. The molecule has 0 fully saturated rings. The number of nitrogens with one attached hydrogen (secondary N) is 1. The number of amides is 1. The predicted molar refractivity (Wildman–Crippen MR) is 92.6 cm³/mol. The van der Waals surface area contributed by atoms with Crippen LogP contribution in [0, 0.1) is 13.8 Å². The van der Waals surface area contributed by atoms with Gasteiger partial charge in [0.2, 0.25) is 17.7 Å². The zero-order valence-corrected chi connectivity index (χ0v) is 13.7. The summed E-state index contributed by atoms with van der Waals surface area (Å²) in [6, 6.07) is 15.6. The highest BCUT2D eigenvalue weighted by molar-refractivity contribution is 5.91. The number of rotatable bonds is 5. The van der Waals surface area contributed by atoms with Crippen LogP contribution in [0.15, 0.2) is 52.9 Å². The minimum atomic E-state index is -0.0665. The van der Waals surface area contributed by atoms with E-state index >= 15 is 0 Å². The Balaban J connectivity index is 1.59. The maximum Gasteiger partial charge on any atom is 0.247 e. The minimum absolute atomic E-state index is 0.0665. The number of aryl methyl sites for hydroxylation is 3. The van der Waals surface area contributed by atoms with Crippen molar-refractivity contribution < 1.29 is 9.21 Å². The molecule has 0 radical (unpaired) electrons. The van der Waals surface area contributed by atoms with Crippen LogP contribution in [0.2, 0.25) is 0 Å². The molecule has 0 aliphatic carbocycles. The van der Waals surface area contributed by atoms with Crippen LogP contribution < -0.4 is 5.32 Å². The lowest BCUT2D eigenvalue weighted by Crippen LogP contribution is -2.13. The van der Waals surface area contributed by atoms with Gasteiger partial charge < -0.3 is 9.73 Å². The number of carbonyl (C=O) groups excluding carboxylic acids is 1. The lowest BCUT2D eigenvalue weighted by molar-refractivity contribution is -0.116. The van der Waals surface area contributed by atoms with Gasteiger partial charge in [-0.2, -0.15) is 0 Å². The first-order chi connectivity index (χ1) is 11.6. The van der Waals surface area contributed by atoms with Crippen molar-refractivity contribution in [2.24, 2.45) is 0 Å². The fraction of sp³-hybridized carbons (Fsp3) is 0.211. The third-order valence-corrected chi connectivity index (χ3v) is 3.72. The molecule has 3 rings (SSSR count). The smallest absolute Gasteiger partial charge is 0.247 e. The van der Waals surface area contributed by atoms with Crippen molar-refractivity contribution in [2.75, 3.05) is 5.32 Å². The van der Waals surface area contributed by atoms with Gasteiger partial charge in [-0.15, -0.1) is 10.2 Å². The van der Waals surface area contributed by atoms with E-state index in [1.165, 1.54) is 0 Å². The molecule has 2 aromatic carbocycles. The lowest BCUT2D eigenvalue weighted by atomic mass is 10.1. The third-order valence-electron chi connectivity index (χ3n) is 3.72. The normalized spacial score (nSPS) is 10.6. The van der Waals surface area contributed by atoms with Crippen molar-refractivity contribution in [3.63, 3.8) is 0 Å². The molecule has 0 saturated carbocycles. The Labute approximate surface area is 140 Å². The zero-order valence-electron chi connectivity index (χ0n) is 13.7. The van der Waals surface area contributed by atoms with Gasteiger partial charge in [-0.3, -0.25) is 4.79 Å². The van der Waals surface area contributed by atoms with Gasteiger partial charge in [-0.1, -0.05) is 30.3 Å². The van der Waals surface area contributed by atoms with Crippen molar-refractivity contribution >= 4 is 11.6 Å². The summed E-state index contributed by atoms with van der Waals surface area (Å²) in [5.74, 6) is 0.869. The van der Waals surface area contributed by atoms with Crippen molar-refractivity contribution in [3.05, 3.63) is 65.5 Å². The number of hydrogen-bond acceptors (Lipinski definition) is 4. The second kappa shape index (κ2) is 7.08. The van der Waals surface area contributed by atoms with Gasteiger partial charge in [0.15, 0.2) is 0 Å². The van der Waals surface area contributed by atoms with Crippen LogP contribution in [0.3, 0.4) is 0 Å². The molecule has 1 heterocycles. The van der Waals surface area contributed by atoms with Crippen LogP contribution in [0.25, 0.3) is 11.5 Å². The van der Waals surface area contributed by atoms with Crippen molar-refractivity contribution in [1.29, 1.82) is 0 Å². The average Bonchev–Trinajstić information content (AvgIpc) is 3.06. The van der Waals surface area contributed by atoms with Crippen LogP contribution in [-0.2, 0) is 11.2 Å². The Bertz CT molecular complexity index is 841. The average molecular weight is 321 g/mol. The highest BCUT2D eigenvalue weighted by Gasteiger charge is 2.11. The third kappa shape index (κ3) is 3.87. The van der Waals surface area contributed by atoms with Gasteiger partial charge in [-0.05, 0) is 43.2 Å². The first kappa shape index (κ1) is 15.9. The number of anilines is 1. The molecule has 0 spiro atoms. The molecule has 5 nitrogen and oxygen atoms in total. The van der Waals surface area contributed by atoms with Gasteiger partial charge in [0.1, 0.15) is 0 Å². The minimum Gasteiger partial charge on any atom is -0.421 e. The Hall–Kier alpha value is -2.95. The van der Waals surface area contributed by atoms with E-state index in [2.05, 4.69) is 15.5 Å². The second-order valence-electron chi connectivity index (χ2n) is 5.73. The van der Waals surface area contributed by atoms with Crippen LogP contribution in [0.1, 0.15) is 23.4 Å². The molecule has 122 valence electrons. The van der Waals surface area contributed by atoms with Crippen molar-refractivity contribution in [2.45, 2.75) is 26.7 Å². The van der Waals surface area contributed by atoms with Crippen LogP contribution in [0.4, 0.5) is 5.69 Å². The fourth-order valence-electron chi connectivity index (χ4n) is 2.36. The topological polar surface area (TPSA) is 68.0 Å². The van der Waals surface area contributed by atoms with E-state index in [0.29, 0.717) is 24.6 Å². The molecule has 5 heteroatoms. The Morgan fingerprint density at radius 2 is 1.88 bits per heavy atom. The van der Waals surface area contributed by atoms with E-state index in [1.54, 1.807) is 0 Å². The Kier molecular flexibility index (Phi) is 4.70. The Morgan fingerprint density at radius 1 is 1.08 bits per heavy atom. The van der Waals surface area contributed by atoms with E-state index in [-0.39, 0.29) is 5.91 Å². The van der Waals surface area contributed by atoms with Gasteiger partial charge in [0.05, 0.1) is 0 Å². The molecule has 0 aliphatic rings. The quantitative estimate of drug-likeness (QED) is 0.773. The summed E-state index contributed by atoms with van der Waals surface area (Å²) in [5.41, 5.74) is 3.87. The summed E-state index contributed by atoms with van der Waals surface area (Å²) >= 11 is 0. The van der Waals surface area contributed by atoms with E-state index in [9.17, 15) is 4.79 Å². The molecular weight excluding hydrogens is 302 g/mol. The first-order valence-electron chi connectivity index (χ1n) is 7.87. The van der Waals surface area contributed by atoms with E-state index in [4.69, 9.17) is 4.42 Å². The molecular formula is C19H19N3O2. The van der Waals surface area contributed by atoms with E-state index < -0.39 is 0 Å². The molecule has 0 unspecified atom stereocenters. The largest absolute Gasteiger partial charge is 0.421 e. The molecule has 1 amide bonds. The molecule has 0 atom stereocenters. The second-order valence-corrected chi connectivity index (χ2v) is 5.73. The van der Waals surface area contributed by atoms with Gasteiger partial charge in [0.25, 0.3) is 0 Å². The zero-order chi connectivity index (χ0) is 16.9. The number of nitrogens with zero attached hydrogens (tertiary/aromatic N) is 2. The molecule has 0 aliphatic heterocycles. The number of carbonyl (C=O) groups is 1. The standard InChI is InChI=1S/C19H19N3O2/c1-13-8-9-14(2)16(12-13)20-17(23)10-11-18-21-22-19(24-18)15-6-4-3-5-7-15/h3-9,12H,10-11H2,1-2H3,(H,20,23). The molecule has 0 saturated heterocycles. The summed E-state index contributed by atoms with van der Waals surface area (Å²) in [6.45, 7) is 3.97. The summed E-state index contributed by atoms with van der Waals surface area (Å²) in [5, 5.41) is 11.0. The summed E-state index contributed by atoms with van der Waals surface area (Å²) in [7, 11) is 0. The van der Waals surface area contributed by atoms with Crippen molar-refractivity contribution in [3.8, 4) is 11.5 Å². The molecule has 3 aromatic rings. The highest BCUT2D eigenvalue weighted by Crippen LogP contribution is 2.19. The van der Waals surface area contributed by atoms with E-state index in [1.807, 2.05) is 62.4 Å². The number of hydrogen-bond donors (Lipinski definition) is 1. The van der Waals surface area contributed by atoms with Crippen molar-refractivity contribution in [1.82, 2.24) is 10.2 Å². The SMILES string of the molecule is Cc1ccc(C)c(NC(=O)CCc2nnc(-c3ccccc3)o2)c1. The highest BCUT2D eigenvalue weighted by atomic mass is 16.4. The maximum atomic E-state index is 12.1. The summed E-state index contributed by atoms with van der Waals surface area (Å²) < 4.78 is 5.61. The van der Waals surface area contributed by atoms with Gasteiger partial charge >= 0.3 is 0 Å². The van der Waals surface area contributed by atoms with Crippen LogP contribution in [0.5, 0.6) is 0 Å². The van der Waals surface area contributed by atoms with Crippen LogP contribution >= 0.6 is 0 Å². The maximum absolute atomic E-state index is 12.1. The first-order valence-corrected chi connectivity index (χ1v) is 7.87. The Morgan fingerprint density at radius 3 is 2.67 bits per heavy atom. The number of aromatic nitrogens is 2. The van der Waals surface area contributed by atoms with Crippen LogP contribution in [-0.4, -0.2) is 16.1 Å². The van der Waals surface area contributed by atoms with E-state index in [0.717, 1.165) is 22.4 Å². The number of benzene rings is 2. The predicted octanol–water partition coefficient (Wildman–Crippen LogP) is 3.92. The summed E-state index contributed by atoms with van der Waals surface area (Å²) in [6.07, 6.45) is 0.709. The molecule has 1 aromatic heterocycles. The fourth-order valence-corrected chi connectivity index (χ4v) is 2.36.